The normalized spacial score (nSPS) is 12.9. The van der Waals surface area contributed by atoms with Crippen LogP contribution in [0.5, 0.6) is 0 Å². The third-order valence-electron chi connectivity index (χ3n) is 3.70. The molecule has 2 unspecified atom stereocenters. The number of nitrogens with zero attached hydrogens (tertiary/aromatic N) is 2. The van der Waals surface area contributed by atoms with Gasteiger partial charge in [0, 0.05) is 22.4 Å². The minimum absolute atomic E-state index is 0.154. The average molecular weight is 407 g/mol. The summed E-state index contributed by atoms with van der Waals surface area (Å²) in [7, 11) is 0. The van der Waals surface area contributed by atoms with Crippen LogP contribution in [0, 0.1) is 5.92 Å². The second-order valence-corrected chi connectivity index (χ2v) is 6.50. The van der Waals surface area contributed by atoms with E-state index in [2.05, 4.69) is 36.5 Å². The van der Waals surface area contributed by atoms with Crippen molar-refractivity contribution in [2.24, 2.45) is 17.4 Å². The van der Waals surface area contributed by atoms with Crippen LogP contribution in [-0.4, -0.2) is 27.8 Å². The van der Waals surface area contributed by atoms with Crippen LogP contribution in [0.15, 0.2) is 34.9 Å². The van der Waals surface area contributed by atoms with Gasteiger partial charge < -0.3 is 22.1 Å². The van der Waals surface area contributed by atoms with Crippen LogP contribution in [0.25, 0.3) is 0 Å². The second kappa shape index (κ2) is 7.93. The summed E-state index contributed by atoms with van der Waals surface area (Å²) < 4.78 is 0.870. The van der Waals surface area contributed by atoms with Crippen LogP contribution in [-0.2, 0) is 4.79 Å². The summed E-state index contributed by atoms with van der Waals surface area (Å²) in [6, 6.07) is 7.09. The maximum atomic E-state index is 11.6. The average Bonchev–Trinajstić information content (AvgIpc) is 2.53. The fraction of sp³-hybridized carbons (Fsp3) is 0.250. The third kappa shape index (κ3) is 4.90. The number of halogens is 1. The number of carbonyl (C=O) groups excluding carboxylic acids is 2. The van der Waals surface area contributed by atoms with E-state index < -0.39 is 17.7 Å². The van der Waals surface area contributed by atoms with Crippen molar-refractivity contribution in [2.75, 3.05) is 10.6 Å². The molecule has 2 rings (SSSR count). The van der Waals surface area contributed by atoms with E-state index in [9.17, 15) is 9.59 Å². The first-order chi connectivity index (χ1) is 11.8. The van der Waals surface area contributed by atoms with Crippen LogP contribution < -0.4 is 22.1 Å². The first kappa shape index (κ1) is 18.7. The van der Waals surface area contributed by atoms with Crippen molar-refractivity contribution in [2.45, 2.75) is 19.9 Å². The standard InChI is InChI=1S/C16H19BrN6O2/c1-8(13(18)24)9(2)21-16-20-7-12(14(19)25)15(23-16)22-11-5-3-4-10(17)6-11/h3-9H,1-2H3,(H2,18,24)(H2,19,25)(H2,20,21,22,23). The summed E-state index contributed by atoms with van der Waals surface area (Å²) in [5.41, 5.74) is 11.6. The van der Waals surface area contributed by atoms with E-state index >= 15 is 0 Å². The summed E-state index contributed by atoms with van der Waals surface area (Å²) >= 11 is 3.38. The molecule has 132 valence electrons. The number of nitrogens with two attached hydrogens (primary N) is 2. The molecule has 1 aromatic carbocycles. The van der Waals surface area contributed by atoms with E-state index in [1.165, 1.54) is 6.20 Å². The molecule has 6 N–H and O–H groups in total. The number of rotatable bonds is 7. The lowest BCUT2D eigenvalue weighted by Crippen LogP contribution is -2.34. The number of aromatic nitrogens is 2. The van der Waals surface area contributed by atoms with Crippen molar-refractivity contribution < 1.29 is 9.59 Å². The molecule has 0 aliphatic rings. The number of primary amides is 2. The van der Waals surface area contributed by atoms with Crippen molar-refractivity contribution in [3.8, 4) is 0 Å². The highest BCUT2D eigenvalue weighted by atomic mass is 79.9. The fourth-order valence-electron chi connectivity index (χ4n) is 2.00. The van der Waals surface area contributed by atoms with Crippen LogP contribution in [0.2, 0.25) is 0 Å². The Morgan fingerprint density at radius 2 is 1.96 bits per heavy atom. The first-order valence-electron chi connectivity index (χ1n) is 7.53. The Morgan fingerprint density at radius 3 is 2.56 bits per heavy atom. The number of hydrogen-bond acceptors (Lipinski definition) is 6. The summed E-state index contributed by atoms with van der Waals surface area (Å²) in [5, 5.41) is 6.05. The van der Waals surface area contributed by atoms with Gasteiger partial charge in [-0.15, -0.1) is 0 Å². The van der Waals surface area contributed by atoms with Crippen LogP contribution in [0.1, 0.15) is 24.2 Å². The zero-order chi connectivity index (χ0) is 18.6. The molecule has 0 saturated carbocycles. The van der Waals surface area contributed by atoms with Gasteiger partial charge in [0.1, 0.15) is 11.4 Å². The van der Waals surface area contributed by atoms with Crippen LogP contribution in [0.3, 0.4) is 0 Å². The third-order valence-corrected chi connectivity index (χ3v) is 4.19. The maximum Gasteiger partial charge on any atom is 0.254 e. The van der Waals surface area contributed by atoms with Gasteiger partial charge in [0.15, 0.2) is 0 Å². The zero-order valence-corrected chi connectivity index (χ0v) is 15.4. The topological polar surface area (TPSA) is 136 Å². The molecule has 1 aromatic heterocycles. The Morgan fingerprint density at radius 1 is 1.24 bits per heavy atom. The largest absolute Gasteiger partial charge is 0.369 e. The van der Waals surface area contributed by atoms with Crippen LogP contribution >= 0.6 is 15.9 Å². The number of amides is 2. The predicted molar refractivity (Wildman–Crippen MR) is 99.4 cm³/mol. The maximum absolute atomic E-state index is 11.6. The van der Waals surface area contributed by atoms with Crippen molar-refractivity contribution in [1.82, 2.24) is 9.97 Å². The molecule has 0 radical (unpaired) electrons. The summed E-state index contributed by atoms with van der Waals surface area (Å²) in [6.45, 7) is 3.50. The van der Waals surface area contributed by atoms with Gasteiger partial charge in [-0.05, 0) is 25.1 Å². The quantitative estimate of drug-likeness (QED) is 0.554. The lowest BCUT2D eigenvalue weighted by molar-refractivity contribution is -0.121. The lowest BCUT2D eigenvalue weighted by atomic mass is 10.0. The smallest absolute Gasteiger partial charge is 0.254 e. The molecule has 0 spiro atoms. The minimum Gasteiger partial charge on any atom is -0.369 e. The van der Waals surface area contributed by atoms with Gasteiger partial charge in [-0.25, -0.2) is 4.98 Å². The van der Waals surface area contributed by atoms with E-state index in [0.29, 0.717) is 0 Å². The number of carbonyl (C=O) groups is 2. The van der Waals surface area contributed by atoms with E-state index in [-0.39, 0.29) is 23.4 Å². The highest BCUT2D eigenvalue weighted by molar-refractivity contribution is 9.10. The Hall–Kier alpha value is -2.68. The molecule has 1 heterocycles. The molecular formula is C16H19BrN6O2. The molecule has 0 saturated heterocycles. The van der Waals surface area contributed by atoms with Gasteiger partial charge in [0.05, 0.1) is 5.92 Å². The predicted octanol–water partition coefficient (Wildman–Crippen LogP) is 2.00. The van der Waals surface area contributed by atoms with Crippen molar-refractivity contribution in [3.63, 3.8) is 0 Å². The summed E-state index contributed by atoms with van der Waals surface area (Å²) in [4.78, 5) is 31.3. The first-order valence-corrected chi connectivity index (χ1v) is 8.32. The Bertz CT molecular complexity index is 798. The molecule has 9 heteroatoms. The molecule has 0 aliphatic heterocycles. The van der Waals surface area contributed by atoms with Gasteiger partial charge >= 0.3 is 0 Å². The van der Waals surface area contributed by atoms with Crippen LogP contribution in [0.4, 0.5) is 17.5 Å². The second-order valence-electron chi connectivity index (χ2n) is 5.58. The van der Waals surface area contributed by atoms with E-state index in [1.807, 2.05) is 24.3 Å². The van der Waals surface area contributed by atoms with E-state index in [1.54, 1.807) is 13.8 Å². The number of hydrogen-bond donors (Lipinski definition) is 4. The molecule has 2 aromatic rings. The van der Waals surface area contributed by atoms with Gasteiger partial charge in [-0.3, -0.25) is 9.59 Å². The van der Waals surface area contributed by atoms with E-state index in [4.69, 9.17) is 11.5 Å². The number of benzene rings is 1. The molecule has 0 aliphatic carbocycles. The number of anilines is 3. The van der Waals surface area contributed by atoms with Crippen molar-refractivity contribution >= 4 is 45.2 Å². The van der Waals surface area contributed by atoms with E-state index in [0.717, 1.165) is 10.2 Å². The van der Waals surface area contributed by atoms with Crippen molar-refractivity contribution in [3.05, 3.63) is 40.5 Å². The lowest BCUT2D eigenvalue weighted by Gasteiger charge is -2.19. The molecular weight excluding hydrogens is 388 g/mol. The monoisotopic (exact) mass is 406 g/mol. The van der Waals surface area contributed by atoms with Gasteiger partial charge in [0.25, 0.3) is 5.91 Å². The van der Waals surface area contributed by atoms with Gasteiger partial charge in [0.2, 0.25) is 11.9 Å². The molecule has 25 heavy (non-hydrogen) atoms. The zero-order valence-electron chi connectivity index (χ0n) is 13.8. The SMILES string of the molecule is CC(Nc1ncc(C(N)=O)c(Nc2cccc(Br)c2)n1)C(C)C(N)=O. The molecule has 0 fully saturated rings. The van der Waals surface area contributed by atoms with Crippen molar-refractivity contribution in [1.29, 1.82) is 0 Å². The Balaban J connectivity index is 2.30. The minimum atomic E-state index is -0.650. The molecule has 0 bridgehead atoms. The summed E-state index contributed by atoms with van der Waals surface area (Å²) in [5.74, 6) is -0.977. The highest BCUT2D eigenvalue weighted by Crippen LogP contribution is 2.22. The Labute approximate surface area is 153 Å². The molecule has 2 atom stereocenters. The Kier molecular flexibility index (Phi) is 5.92. The summed E-state index contributed by atoms with van der Waals surface area (Å²) in [6.07, 6.45) is 1.33. The van der Waals surface area contributed by atoms with Gasteiger partial charge in [-0.2, -0.15) is 4.98 Å². The molecule has 2 amide bonds. The number of nitrogens with one attached hydrogen (secondary N) is 2. The molecule has 8 nitrogen and oxygen atoms in total. The fourth-order valence-corrected chi connectivity index (χ4v) is 2.40. The van der Waals surface area contributed by atoms with Gasteiger partial charge in [-0.1, -0.05) is 28.9 Å². The highest BCUT2D eigenvalue weighted by Gasteiger charge is 2.19.